The third-order valence-electron chi connectivity index (χ3n) is 2.47. The van der Waals surface area contributed by atoms with Crippen molar-refractivity contribution in [2.75, 3.05) is 0 Å². The molecule has 0 spiro atoms. The molecule has 0 amide bonds. The summed E-state index contributed by atoms with van der Waals surface area (Å²) in [6.07, 6.45) is 0. The van der Waals surface area contributed by atoms with Gasteiger partial charge in [-0.2, -0.15) is 0 Å². The zero-order chi connectivity index (χ0) is 13.3. The molecule has 0 aliphatic heterocycles. The molecule has 3 N–H and O–H groups in total. The molecular formula is C13H9BrClNO2. The number of nitrogens with one attached hydrogen (secondary N) is 1. The Morgan fingerprint density at radius 1 is 1.00 bits per heavy atom. The number of benzene rings is 2. The summed E-state index contributed by atoms with van der Waals surface area (Å²) >= 11 is 9.25. The molecule has 92 valence electrons. The first-order valence-corrected chi connectivity index (χ1v) is 6.22. The van der Waals surface area contributed by atoms with Crippen LogP contribution in [-0.4, -0.2) is 15.9 Å². The minimum Gasteiger partial charge on any atom is -0.504 e. The summed E-state index contributed by atoms with van der Waals surface area (Å²) in [6.45, 7) is 0. The lowest BCUT2D eigenvalue weighted by Gasteiger charge is -2.07. The van der Waals surface area contributed by atoms with Crippen LogP contribution >= 0.6 is 27.5 Å². The number of phenols is 2. The molecule has 2 aromatic carbocycles. The Morgan fingerprint density at radius 2 is 1.61 bits per heavy atom. The van der Waals surface area contributed by atoms with Gasteiger partial charge in [0.1, 0.15) is 0 Å². The number of hydrogen-bond donors (Lipinski definition) is 3. The topological polar surface area (TPSA) is 64.3 Å². The molecule has 0 aromatic heterocycles. The van der Waals surface area contributed by atoms with Gasteiger partial charge in [-0.3, -0.25) is 5.41 Å². The fourth-order valence-electron chi connectivity index (χ4n) is 1.50. The van der Waals surface area contributed by atoms with Crippen molar-refractivity contribution in [2.45, 2.75) is 0 Å². The molecule has 2 rings (SSSR count). The van der Waals surface area contributed by atoms with Crippen LogP contribution in [0, 0.1) is 5.41 Å². The molecule has 18 heavy (non-hydrogen) atoms. The Kier molecular flexibility index (Phi) is 3.59. The monoisotopic (exact) mass is 325 g/mol. The second-order valence-electron chi connectivity index (χ2n) is 3.71. The minimum absolute atomic E-state index is 0.208. The van der Waals surface area contributed by atoms with Gasteiger partial charge < -0.3 is 10.2 Å². The minimum atomic E-state index is -0.250. The van der Waals surface area contributed by atoms with Crippen molar-refractivity contribution < 1.29 is 10.2 Å². The molecule has 0 unspecified atom stereocenters. The lowest BCUT2D eigenvalue weighted by Crippen LogP contribution is -2.01. The van der Waals surface area contributed by atoms with Crippen LogP contribution in [-0.2, 0) is 0 Å². The summed E-state index contributed by atoms with van der Waals surface area (Å²) in [6, 6.07) is 9.42. The highest BCUT2D eigenvalue weighted by Gasteiger charge is 2.09. The van der Waals surface area contributed by atoms with E-state index < -0.39 is 0 Å². The molecule has 0 fully saturated rings. The molecule has 0 aliphatic carbocycles. The van der Waals surface area contributed by atoms with Crippen molar-refractivity contribution in [3.05, 3.63) is 57.0 Å². The molecule has 0 radical (unpaired) electrons. The fraction of sp³-hybridized carbons (Fsp3) is 0. The zero-order valence-corrected chi connectivity index (χ0v) is 11.5. The van der Waals surface area contributed by atoms with Gasteiger partial charge in [0.25, 0.3) is 0 Å². The number of hydrogen-bond acceptors (Lipinski definition) is 3. The van der Waals surface area contributed by atoms with Crippen molar-refractivity contribution in [1.82, 2.24) is 0 Å². The number of aromatic hydroxyl groups is 2. The van der Waals surface area contributed by atoms with Gasteiger partial charge in [-0.25, -0.2) is 0 Å². The number of halogens is 2. The summed E-state index contributed by atoms with van der Waals surface area (Å²) in [5.74, 6) is -0.458. The van der Waals surface area contributed by atoms with E-state index >= 15 is 0 Å². The van der Waals surface area contributed by atoms with Gasteiger partial charge in [-0.05, 0) is 46.3 Å². The van der Waals surface area contributed by atoms with E-state index in [-0.39, 0.29) is 17.2 Å². The van der Waals surface area contributed by atoms with Crippen LogP contribution in [0.2, 0.25) is 5.02 Å². The van der Waals surface area contributed by atoms with E-state index in [0.717, 1.165) is 4.47 Å². The first-order valence-electron chi connectivity index (χ1n) is 5.05. The van der Waals surface area contributed by atoms with Crippen molar-refractivity contribution >= 4 is 33.2 Å². The average Bonchev–Trinajstić information content (AvgIpc) is 2.35. The van der Waals surface area contributed by atoms with Crippen molar-refractivity contribution in [3.8, 4) is 11.5 Å². The molecule has 2 aromatic rings. The standard InChI is InChI=1S/C13H9BrClNO2/c14-9-3-1-7(5-10(9)15)13(16)8-2-4-11(17)12(18)6-8/h1-6,16-18H. The maximum absolute atomic E-state index is 9.41. The molecular weight excluding hydrogens is 318 g/mol. The van der Waals surface area contributed by atoms with Gasteiger partial charge in [0, 0.05) is 15.6 Å². The van der Waals surface area contributed by atoms with Gasteiger partial charge in [0.05, 0.1) is 10.7 Å². The van der Waals surface area contributed by atoms with Crippen LogP contribution in [0.25, 0.3) is 0 Å². The van der Waals surface area contributed by atoms with Gasteiger partial charge in [0.2, 0.25) is 0 Å². The highest BCUT2D eigenvalue weighted by atomic mass is 79.9. The highest BCUT2D eigenvalue weighted by molar-refractivity contribution is 9.10. The van der Waals surface area contributed by atoms with E-state index in [2.05, 4.69) is 15.9 Å². The smallest absolute Gasteiger partial charge is 0.158 e. The summed E-state index contributed by atoms with van der Waals surface area (Å²) in [5.41, 5.74) is 1.36. The quantitative estimate of drug-likeness (QED) is 0.578. The van der Waals surface area contributed by atoms with E-state index in [0.29, 0.717) is 16.1 Å². The first kappa shape index (κ1) is 12.9. The maximum atomic E-state index is 9.41. The molecule has 3 nitrogen and oxygen atoms in total. The predicted octanol–water partition coefficient (Wildman–Crippen LogP) is 3.93. The highest BCUT2D eigenvalue weighted by Crippen LogP contribution is 2.28. The SMILES string of the molecule is N=C(c1ccc(O)c(O)c1)c1ccc(Br)c(Cl)c1. The maximum Gasteiger partial charge on any atom is 0.158 e. The Balaban J connectivity index is 2.41. The van der Waals surface area contributed by atoms with Gasteiger partial charge >= 0.3 is 0 Å². The molecule has 0 saturated carbocycles. The van der Waals surface area contributed by atoms with Crippen molar-refractivity contribution in [1.29, 1.82) is 5.41 Å². The van der Waals surface area contributed by atoms with Gasteiger partial charge in [0.15, 0.2) is 11.5 Å². The molecule has 0 atom stereocenters. The van der Waals surface area contributed by atoms with Crippen LogP contribution in [0.15, 0.2) is 40.9 Å². The summed E-state index contributed by atoms with van der Waals surface area (Å²) in [5, 5.41) is 27.2. The van der Waals surface area contributed by atoms with E-state index in [4.69, 9.17) is 17.0 Å². The normalized spacial score (nSPS) is 10.3. The Morgan fingerprint density at radius 3 is 2.22 bits per heavy atom. The Bertz CT molecular complexity index is 575. The van der Waals surface area contributed by atoms with E-state index in [1.807, 2.05) is 0 Å². The average molecular weight is 327 g/mol. The summed E-state index contributed by atoms with van der Waals surface area (Å²) in [4.78, 5) is 0. The number of rotatable bonds is 2. The van der Waals surface area contributed by atoms with Crippen LogP contribution in [0.5, 0.6) is 11.5 Å². The van der Waals surface area contributed by atoms with E-state index in [1.165, 1.54) is 12.1 Å². The van der Waals surface area contributed by atoms with Crippen LogP contribution in [0.3, 0.4) is 0 Å². The Labute approximate surface area is 117 Å². The molecule has 0 saturated heterocycles. The van der Waals surface area contributed by atoms with Crippen LogP contribution in [0.4, 0.5) is 0 Å². The molecule has 5 heteroatoms. The third-order valence-corrected chi connectivity index (χ3v) is 3.70. The van der Waals surface area contributed by atoms with Crippen LogP contribution in [0.1, 0.15) is 11.1 Å². The Hall–Kier alpha value is -1.52. The van der Waals surface area contributed by atoms with Crippen molar-refractivity contribution in [2.24, 2.45) is 0 Å². The summed E-state index contributed by atoms with van der Waals surface area (Å²) in [7, 11) is 0. The summed E-state index contributed by atoms with van der Waals surface area (Å²) < 4.78 is 0.759. The second-order valence-corrected chi connectivity index (χ2v) is 4.97. The van der Waals surface area contributed by atoms with E-state index in [1.54, 1.807) is 24.3 Å². The van der Waals surface area contributed by atoms with Crippen LogP contribution < -0.4 is 0 Å². The largest absolute Gasteiger partial charge is 0.504 e. The lowest BCUT2D eigenvalue weighted by atomic mass is 10.0. The molecule has 0 aliphatic rings. The van der Waals surface area contributed by atoms with E-state index in [9.17, 15) is 10.2 Å². The zero-order valence-electron chi connectivity index (χ0n) is 9.11. The molecule has 0 bridgehead atoms. The second kappa shape index (κ2) is 5.00. The van der Waals surface area contributed by atoms with Crippen molar-refractivity contribution in [3.63, 3.8) is 0 Å². The molecule has 0 heterocycles. The number of phenolic OH excluding ortho intramolecular Hbond substituents is 2. The van der Waals surface area contributed by atoms with Gasteiger partial charge in [-0.1, -0.05) is 17.7 Å². The first-order chi connectivity index (χ1) is 8.49. The van der Waals surface area contributed by atoms with Gasteiger partial charge in [-0.15, -0.1) is 0 Å². The predicted molar refractivity (Wildman–Crippen MR) is 74.9 cm³/mol. The third kappa shape index (κ3) is 2.49. The lowest BCUT2D eigenvalue weighted by molar-refractivity contribution is 0.403. The fourth-order valence-corrected chi connectivity index (χ4v) is 1.92.